The third-order valence-electron chi connectivity index (χ3n) is 7.27. The molecule has 0 saturated carbocycles. The molecule has 2 aromatic carbocycles. The highest BCUT2D eigenvalue weighted by Gasteiger charge is 2.49. The van der Waals surface area contributed by atoms with Crippen LogP contribution in [0.3, 0.4) is 0 Å². The molecule has 6 rings (SSSR count). The number of thiazole rings is 1. The van der Waals surface area contributed by atoms with E-state index in [2.05, 4.69) is 9.97 Å². The number of fused-ring (bicyclic) bond motifs is 1. The van der Waals surface area contributed by atoms with Crippen LogP contribution < -0.4 is 9.64 Å². The van der Waals surface area contributed by atoms with Crippen LogP contribution >= 0.6 is 11.3 Å². The van der Waals surface area contributed by atoms with Crippen LogP contribution in [0.15, 0.2) is 84.6 Å². The van der Waals surface area contributed by atoms with Crippen molar-refractivity contribution in [2.45, 2.75) is 33.4 Å². The van der Waals surface area contributed by atoms with Gasteiger partial charge < -0.3 is 14.6 Å². The number of aryl methyl sites for hydroxylation is 2. The SMILES string of the molecule is CCOC(=O)c1sc(N2C(=O)C(=O)/C(=C(/O)c3c(C)nc4ccccn34)C2c2ccc(OCc3ccccc3)cc2)nc1C. The van der Waals surface area contributed by atoms with E-state index in [1.165, 1.54) is 4.90 Å². The molecule has 5 aromatic rings. The topological polar surface area (TPSA) is 123 Å². The minimum atomic E-state index is -1.05. The Hall–Kier alpha value is -5.29. The summed E-state index contributed by atoms with van der Waals surface area (Å²) in [6.45, 7) is 5.60. The molecule has 0 bridgehead atoms. The van der Waals surface area contributed by atoms with Crippen molar-refractivity contribution in [3.05, 3.63) is 118 Å². The molecule has 1 atom stereocenters. The van der Waals surface area contributed by atoms with Gasteiger partial charge in [0.05, 0.1) is 29.6 Å². The van der Waals surface area contributed by atoms with Crippen LogP contribution in [0.4, 0.5) is 5.13 Å². The number of ether oxygens (including phenoxy) is 2. The number of benzene rings is 2. The molecule has 1 fully saturated rings. The second-order valence-corrected chi connectivity index (χ2v) is 11.1. The van der Waals surface area contributed by atoms with Crippen molar-refractivity contribution in [3.63, 3.8) is 0 Å². The van der Waals surface area contributed by atoms with Crippen molar-refractivity contribution in [3.8, 4) is 5.75 Å². The Morgan fingerprint density at radius 2 is 1.68 bits per heavy atom. The summed E-state index contributed by atoms with van der Waals surface area (Å²) >= 11 is 0.956. The molecule has 3 aromatic heterocycles. The summed E-state index contributed by atoms with van der Waals surface area (Å²) in [6, 6.07) is 21.0. The molecule has 1 aliphatic heterocycles. The van der Waals surface area contributed by atoms with E-state index < -0.39 is 23.7 Å². The molecule has 1 aliphatic rings. The van der Waals surface area contributed by atoms with Gasteiger partial charge in [-0.25, -0.2) is 14.8 Å². The molecule has 44 heavy (non-hydrogen) atoms. The number of carbonyl (C=O) groups excluding carboxylic acids is 3. The summed E-state index contributed by atoms with van der Waals surface area (Å²) in [6.07, 6.45) is 1.73. The van der Waals surface area contributed by atoms with E-state index in [1.807, 2.05) is 36.4 Å². The van der Waals surface area contributed by atoms with E-state index in [-0.39, 0.29) is 27.9 Å². The van der Waals surface area contributed by atoms with Crippen LogP contribution in [0.25, 0.3) is 11.4 Å². The summed E-state index contributed by atoms with van der Waals surface area (Å²) in [5.41, 5.74) is 3.15. The number of carbonyl (C=O) groups is 3. The molecular weight excluding hydrogens is 580 g/mol. The van der Waals surface area contributed by atoms with Crippen LogP contribution in [0.5, 0.6) is 5.75 Å². The first-order valence-corrected chi connectivity index (χ1v) is 14.8. The summed E-state index contributed by atoms with van der Waals surface area (Å²) in [7, 11) is 0. The summed E-state index contributed by atoms with van der Waals surface area (Å²) < 4.78 is 12.8. The third kappa shape index (κ3) is 5.11. The lowest BCUT2D eigenvalue weighted by Gasteiger charge is -2.23. The summed E-state index contributed by atoms with van der Waals surface area (Å²) in [4.78, 5) is 50.5. The monoisotopic (exact) mass is 608 g/mol. The van der Waals surface area contributed by atoms with E-state index in [0.717, 1.165) is 16.9 Å². The first-order valence-electron chi connectivity index (χ1n) is 13.9. The Morgan fingerprint density at radius 1 is 0.955 bits per heavy atom. The van der Waals surface area contributed by atoms with Gasteiger partial charge in [-0.05, 0) is 56.2 Å². The van der Waals surface area contributed by atoms with Crippen molar-refractivity contribution in [1.29, 1.82) is 0 Å². The molecule has 10 nitrogen and oxygen atoms in total. The van der Waals surface area contributed by atoms with Crippen molar-refractivity contribution in [2.24, 2.45) is 0 Å². The number of esters is 1. The van der Waals surface area contributed by atoms with Crippen LogP contribution in [0.1, 0.15) is 50.8 Å². The standard InChI is InChI=1S/C33H28N4O6S/c1-4-42-32(41)30-20(3)35-33(44-30)37-27(22-13-15-23(16-14-22)43-18-21-10-6-5-7-11-21)25(29(39)31(37)40)28(38)26-19(2)34-24-12-8-9-17-36(24)26/h5-17,27,38H,4,18H2,1-3H3/b28-25+. The molecular formula is C33H28N4O6S. The lowest BCUT2D eigenvalue weighted by molar-refractivity contribution is -0.132. The average molecular weight is 609 g/mol. The van der Waals surface area contributed by atoms with Crippen LogP contribution in [-0.4, -0.2) is 43.7 Å². The highest BCUT2D eigenvalue weighted by molar-refractivity contribution is 7.17. The van der Waals surface area contributed by atoms with Crippen molar-refractivity contribution >= 4 is 45.5 Å². The second kappa shape index (κ2) is 11.8. The van der Waals surface area contributed by atoms with Crippen molar-refractivity contribution < 1.29 is 29.0 Å². The number of ketones is 1. The fraction of sp³-hybridized carbons (Fsp3) is 0.182. The van der Waals surface area contributed by atoms with Gasteiger partial charge in [-0.1, -0.05) is 59.9 Å². The molecule has 1 unspecified atom stereocenters. The number of hydrogen-bond acceptors (Lipinski definition) is 9. The Morgan fingerprint density at radius 3 is 2.41 bits per heavy atom. The largest absolute Gasteiger partial charge is 0.505 e. The molecule has 0 spiro atoms. The number of Topliss-reactive ketones (excluding diaryl/α,β-unsaturated/α-hetero) is 1. The molecule has 0 aliphatic carbocycles. The maximum absolute atomic E-state index is 13.7. The van der Waals surface area contributed by atoms with Crippen molar-refractivity contribution in [1.82, 2.24) is 14.4 Å². The first-order chi connectivity index (χ1) is 21.3. The van der Waals surface area contributed by atoms with Gasteiger partial charge in [0.1, 0.15) is 28.6 Å². The number of aromatic nitrogens is 3. The number of imidazole rings is 1. The zero-order valence-electron chi connectivity index (χ0n) is 24.2. The zero-order chi connectivity index (χ0) is 31.0. The van der Waals surface area contributed by atoms with E-state index in [1.54, 1.807) is 67.8 Å². The van der Waals surface area contributed by atoms with Gasteiger partial charge in [0.25, 0.3) is 5.78 Å². The summed E-state index contributed by atoms with van der Waals surface area (Å²) in [5, 5.41) is 11.9. The van der Waals surface area contributed by atoms with Crippen LogP contribution in [0.2, 0.25) is 0 Å². The lowest BCUT2D eigenvalue weighted by Crippen LogP contribution is -2.29. The predicted molar refractivity (Wildman–Crippen MR) is 165 cm³/mol. The number of hydrogen-bond donors (Lipinski definition) is 1. The number of aliphatic hydroxyl groups is 1. The minimum Gasteiger partial charge on any atom is -0.505 e. The van der Waals surface area contributed by atoms with Gasteiger partial charge in [0.2, 0.25) is 0 Å². The van der Waals surface area contributed by atoms with Gasteiger partial charge in [-0.2, -0.15) is 0 Å². The molecule has 1 saturated heterocycles. The molecule has 11 heteroatoms. The van der Waals surface area contributed by atoms with E-state index >= 15 is 0 Å². The normalized spacial score (nSPS) is 16.1. The summed E-state index contributed by atoms with van der Waals surface area (Å²) in [5.74, 6) is -2.11. The third-order valence-corrected chi connectivity index (χ3v) is 8.41. The Balaban J connectivity index is 1.46. The second-order valence-electron chi connectivity index (χ2n) is 10.1. The fourth-order valence-corrected chi connectivity index (χ4v) is 6.22. The maximum Gasteiger partial charge on any atom is 0.350 e. The molecule has 222 valence electrons. The quantitative estimate of drug-likeness (QED) is 0.102. The minimum absolute atomic E-state index is 0.118. The number of pyridine rings is 1. The van der Waals surface area contributed by atoms with Crippen molar-refractivity contribution in [2.75, 3.05) is 11.5 Å². The van der Waals surface area contributed by atoms with Gasteiger partial charge >= 0.3 is 11.9 Å². The van der Waals surface area contributed by atoms with Gasteiger partial charge in [-0.3, -0.25) is 18.9 Å². The highest BCUT2D eigenvalue weighted by Crippen LogP contribution is 2.44. The smallest absolute Gasteiger partial charge is 0.350 e. The van der Waals surface area contributed by atoms with E-state index in [4.69, 9.17) is 9.47 Å². The van der Waals surface area contributed by atoms with Gasteiger partial charge in [-0.15, -0.1) is 0 Å². The fourth-order valence-electron chi connectivity index (χ4n) is 5.23. The first kappa shape index (κ1) is 28.8. The number of aliphatic hydroxyl groups excluding tert-OH is 1. The van der Waals surface area contributed by atoms with Crippen LogP contribution in [-0.2, 0) is 20.9 Å². The van der Waals surface area contributed by atoms with Gasteiger partial charge in [0.15, 0.2) is 10.9 Å². The van der Waals surface area contributed by atoms with E-state index in [9.17, 15) is 19.5 Å². The molecule has 0 radical (unpaired) electrons. The lowest BCUT2D eigenvalue weighted by atomic mass is 9.96. The molecule has 1 amide bonds. The number of rotatable bonds is 8. The number of amides is 1. The Kier molecular flexibility index (Phi) is 7.71. The van der Waals surface area contributed by atoms with Crippen LogP contribution in [0, 0.1) is 13.8 Å². The van der Waals surface area contributed by atoms with E-state index in [0.29, 0.717) is 40.6 Å². The Labute approximate surface area is 256 Å². The number of nitrogens with zero attached hydrogens (tertiary/aromatic N) is 4. The van der Waals surface area contributed by atoms with Gasteiger partial charge in [0, 0.05) is 6.20 Å². The zero-order valence-corrected chi connectivity index (χ0v) is 25.0. The Bertz CT molecular complexity index is 1930. The molecule has 4 heterocycles. The average Bonchev–Trinajstić information content (AvgIpc) is 3.66. The highest BCUT2D eigenvalue weighted by atomic mass is 32.1. The maximum atomic E-state index is 13.7. The number of anilines is 1. The predicted octanol–water partition coefficient (Wildman–Crippen LogP) is 5.79. The molecule has 1 N–H and O–H groups in total.